The molecule has 1 unspecified atom stereocenters. The number of nitrogens with zero attached hydrogens (tertiary/aromatic N) is 2. The molecular weight excluding hydrogens is 318 g/mol. The molecule has 1 aromatic heterocycles. The molecule has 2 heterocycles. The van der Waals surface area contributed by atoms with Crippen molar-refractivity contribution in [3.8, 4) is 11.3 Å². The first-order valence-electron chi connectivity index (χ1n) is 8.67. The number of hydrogen-bond acceptors (Lipinski definition) is 5. The molecule has 1 aliphatic heterocycles. The summed E-state index contributed by atoms with van der Waals surface area (Å²) < 4.78 is 11.3. The standard InChI is InChI=1S/C19H25N3O3/c1-22(2)11-10-20-18(23)19(9-6-12-24-19)14-16-13-17(21-25-16)15-7-4-3-5-8-15/h3-5,7-8,13H,6,9-12,14H2,1-2H3,(H,20,23). The number of likely N-dealkylation sites (N-methyl/N-ethyl adjacent to an activating group) is 1. The van der Waals surface area contributed by atoms with Gasteiger partial charge in [0.2, 0.25) is 0 Å². The Morgan fingerprint density at radius 2 is 2.12 bits per heavy atom. The summed E-state index contributed by atoms with van der Waals surface area (Å²) in [5.41, 5.74) is 0.922. The molecule has 2 aromatic rings. The van der Waals surface area contributed by atoms with Gasteiger partial charge in [0, 0.05) is 37.7 Å². The molecule has 1 atom stereocenters. The van der Waals surface area contributed by atoms with Crippen molar-refractivity contribution in [1.82, 2.24) is 15.4 Å². The summed E-state index contributed by atoms with van der Waals surface area (Å²) in [5.74, 6) is 0.605. The van der Waals surface area contributed by atoms with Crippen LogP contribution < -0.4 is 5.32 Å². The second-order valence-corrected chi connectivity index (χ2v) is 6.73. The van der Waals surface area contributed by atoms with Crippen LogP contribution in [0.1, 0.15) is 18.6 Å². The first-order chi connectivity index (χ1) is 12.1. The Morgan fingerprint density at radius 3 is 2.80 bits per heavy atom. The summed E-state index contributed by atoms with van der Waals surface area (Å²) in [6, 6.07) is 11.7. The number of hydrogen-bond donors (Lipinski definition) is 1. The molecular formula is C19H25N3O3. The highest BCUT2D eigenvalue weighted by Gasteiger charge is 2.43. The molecule has 1 aliphatic rings. The molecule has 1 fully saturated rings. The minimum absolute atomic E-state index is 0.0653. The third-order valence-electron chi connectivity index (χ3n) is 4.45. The number of aromatic nitrogens is 1. The summed E-state index contributed by atoms with van der Waals surface area (Å²) >= 11 is 0. The fraction of sp³-hybridized carbons (Fsp3) is 0.474. The number of nitrogens with one attached hydrogen (secondary N) is 1. The summed E-state index contributed by atoms with van der Waals surface area (Å²) in [4.78, 5) is 14.7. The first kappa shape index (κ1) is 17.6. The zero-order chi connectivity index (χ0) is 17.7. The zero-order valence-corrected chi connectivity index (χ0v) is 14.8. The fourth-order valence-corrected chi connectivity index (χ4v) is 3.07. The smallest absolute Gasteiger partial charge is 0.252 e. The monoisotopic (exact) mass is 343 g/mol. The van der Waals surface area contributed by atoms with Crippen molar-refractivity contribution in [2.45, 2.75) is 24.9 Å². The van der Waals surface area contributed by atoms with Gasteiger partial charge in [-0.15, -0.1) is 0 Å². The normalized spacial score (nSPS) is 20.1. The third-order valence-corrected chi connectivity index (χ3v) is 4.45. The summed E-state index contributed by atoms with van der Waals surface area (Å²) in [6.07, 6.45) is 1.98. The van der Waals surface area contributed by atoms with Crippen LogP contribution in [0.3, 0.4) is 0 Å². The Labute approximate surface area is 148 Å². The number of ether oxygens (including phenoxy) is 1. The predicted octanol–water partition coefficient (Wildman–Crippen LogP) is 2.11. The van der Waals surface area contributed by atoms with Gasteiger partial charge in [-0.1, -0.05) is 35.5 Å². The van der Waals surface area contributed by atoms with E-state index in [1.807, 2.05) is 55.4 Å². The van der Waals surface area contributed by atoms with E-state index in [1.54, 1.807) is 0 Å². The van der Waals surface area contributed by atoms with Crippen molar-refractivity contribution in [2.24, 2.45) is 0 Å². The Bertz CT molecular complexity index is 691. The second kappa shape index (κ2) is 7.80. The lowest BCUT2D eigenvalue weighted by atomic mass is 9.93. The van der Waals surface area contributed by atoms with Gasteiger partial charge in [0.1, 0.15) is 11.5 Å². The van der Waals surface area contributed by atoms with E-state index in [0.29, 0.717) is 31.8 Å². The predicted molar refractivity (Wildman–Crippen MR) is 95.1 cm³/mol. The first-order valence-corrected chi connectivity index (χ1v) is 8.67. The Hall–Kier alpha value is -2.18. The minimum atomic E-state index is -0.847. The van der Waals surface area contributed by atoms with Gasteiger partial charge in [-0.2, -0.15) is 0 Å². The third kappa shape index (κ3) is 4.27. The second-order valence-electron chi connectivity index (χ2n) is 6.73. The molecule has 0 saturated carbocycles. The van der Waals surface area contributed by atoms with E-state index in [-0.39, 0.29) is 5.91 Å². The van der Waals surface area contributed by atoms with Gasteiger partial charge >= 0.3 is 0 Å². The molecule has 1 N–H and O–H groups in total. The van der Waals surface area contributed by atoms with Gasteiger partial charge in [0.25, 0.3) is 5.91 Å². The van der Waals surface area contributed by atoms with E-state index in [4.69, 9.17) is 9.26 Å². The van der Waals surface area contributed by atoms with E-state index in [1.165, 1.54) is 0 Å². The van der Waals surface area contributed by atoms with Crippen molar-refractivity contribution in [3.63, 3.8) is 0 Å². The van der Waals surface area contributed by atoms with Crippen molar-refractivity contribution in [3.05, 3.63) is 42.2 Å². The van der Waals surface area contributed by atoms with Gasteiger partial charge in [0.05, 0.1) is 0 Å². The highest BCUT2D eigenvalue weighted by atomic mass is 16.5. The molecule has 6 nitrogen and oxygen atoms in total. The van der Waals surface area contributed by atoms with Crippen LogP contribution in [0.2, 0.25) is 0 Å². The van der Waals surface area contributed by atoms with Gasteiger partial charge in [0.15, 0.2) is 5.60 Å². The number of benzene rings is 1. The molecule has 0 spiro atoms. The highest BCUT2D eigenvalue weighted by molar-refractivity contribution is 5.85. The van der Waals surface area contributed by atoms with Crippen LogP contribution in [0.4, 0.5) is 0 Å². The lowest BCUT2D eigenvalue weighted by Gasteiger charge is -2.26. The Kier molecular flexibility index (Phi) is 5.50. The van der Waals surface area contributed by atoms with Gasteiger partial charge in [-0.3, -0.25) is 4.79 Å². The number of rotatable bonds is 7. The molecule has 1 amide bonds. The molecule has 0 radical (unpaired) electrons. The highest BCUT2D eigenvalue weighted by Crippen LogP contribution is 2.31. The SMILES string of the molecule is CN(C)CCNC(=O)C1(Cc2cc(-c3ccccc3)no2)CCCO1. The lowest BCUT2D eigenvalue weighted by molar-refractivity contribution is -0.141. The molecule has 0 aliphatic carbocycles. The van der Waals surface area contributed by atoms with Crippen molar-refractivity contribution in [1.29, 1.82) is 0 Å². The van der Waals surface area contributed by atoms with Gasteiger partial charge in [-0.25, -0.2) is 0 Å². The van der Waals surface area contributed by atoms with Crippen molar-refractivity contribution in [2.75, 3.05) is 33.8 Å². The fourth-order valence-electron chi connectivity index (χ4n) is 3.07. The van der Waals surface area contributed by atoms with E-state index >= 15 is 0 Å². The quantitative estimate of drug-likeness (QED) is 0.834. The van der Waals surface area contributed by atoms with Crippen LogP contribution in [-0.4, -0.2) is 55.4 Å². The molecule has 1 aromatic carbocycles. The Balaban J connectivity index is 1.70. The van der Waals surface area contributed by atoms with E-state index in [9.17, 15) is 4.79 Å². The van der Waals surface area contributed by atoms with Crippen LogP contribution in [-0.2, 0) is 16.0 Å². The lowest BCUT2D eigenvalue weighted by Crippen LogP contribution is -2.49. The van der Waals surface area contributed by atoms with Crippen molar-refractivity contribution >= 4 is 5.91 Å². The van der Waals surface area contributed by atoms with E-state index < -0.39 is 5.60 Å². The van der Waals surface area contributed by atoms with Crippen LogP contribution >= 0.6 is 0 Å². The van der Waals surface area contributed by atoms with Gasteiger partial charge in [-0.05, 0) is 26.9 Å². The Morgan fingerprint density at radius 1 is 1.32 bits per heavy atom. The molecule has 0 bridgehead atoms. The number of carbonyl (C=O) groups is 1. The average Bonchev–Trinajstić information content (AvgIpc) is 3.26. The average molecular weight is 343 g/mol. The molecule has 3 rings (SSSR count). The van der Waals surface area contributed by atoms with Crippen molar-refractivity contribution < 1.29 is 14.1 Å². The number of amides is 1. The van der Waals surface area contributed by atoms with Gasteiger partial charge < -0.3 is 19.5 Å². The largest absolute Gasteiger partial charge is 0.365 e. The number of carbonyl (C=O) groups excluding carboxylic acids is 1. The minimum Gasteiger partial charge on any atom is -0.365 e. The molecule has 1 saturated heterocycles. The zero-order valence-electron chi connectivity index (χ0n) is 14.8. The van der Waals surface area contributed by atoms with Crippen LogP contribution in [0, 0.1) is 0 Å². The summed E-state index contributed by atoms with van der Waals surface area (Å²) in [5, 5.41) is 7.12. The van der Waals surface area contributed by atoms with Crippen LogP contribution in [0.15, 0.2) is 40.9 Å². The maximum Gasteiger partial charge on any atom is 0.252 e. The molecule has 25 heavy (non-hydrogen) atoms. The van der Waals surface area contributed by atoms with E-state index in [0.717, 1.165) is 24.2 Å². The molecule has 134 valence electrons. The maximum atomic E-state index is 12.7. The maximum absolute atomic E-state index is 12.7. The van der Waals surface area contributed by atoms with E-state index in [2.05, 4.69) is 10.5 Å². The van der Waals surface area contributed by atoms with Crippen LogP contribution in [0.5, 0.6) is 0 Å². The molecule has 6 heteroatoms. The summed E-state index contributed by atoms with van der Waals surface area (Å²) in [7, 11) is 3.96. The summed E-state index contributed by atoms with van der Waals surface area (Å²) in [6.45, 7) is 1.99. The van der Waals surface area contributed by atoms with Crippen LogP contribution in [0.25, 0.3) is 11.3 Å². The topological polar surface area (TPSA) is 67.6 Å².